The molecule has 1 unspecified atom stereocenters. The summed E-state index contributed by atoms with van der Waals surface area (Å²) < 4.78 is 15.7. The lowest BCUT2D eigenvalue weighted by Gasteiger charge is -2.28. The summed E-state index contributed by atoms with van der Waals surface area (Å²) >= 11 is 0. The second-order valence-corrected chi connectivity index (χ2v) is 8.04. The molecule has 1 atom stereocenters. The van der Waals surface area contributed by atoms with Crippen LogP contribution in [0.4, 0.5) is 0 Å². The van der Waals surface area contributed by atoms with Crippen LogP contribution >= 0.6 is 0 Å². The molecule has 88 valence electrons. The minimum Gasteiger partial charge on any atom is -0.460 e. The van der Waals surface area contributed by atoms with E-state index in [2.05, 4.69) is 6.58 Å². The van der Waals surface area contributed by atoms with Crippen LogP contribution in [0.3, 0.4) is 0 Å². The highest BCUT2D eigenvalue weighted by molar-refractivity contribution is 6.72. The zero-order valence-corrected chi connectivity index (χ0v) is 10.9. The monoisotopic (exact) mass is 232 g/mol. The van der Waals surface area contributed by atoms with Crippen LogP contribution in [-0.4, -0.2) is 40.3 Å². The van der Waals surface area contributed by atoms with E-state index in [1.807, 2.05) is 20.0 Å². The van der Waals surface area contributed by atoms with Gasteiger partial charge in [-0.1, -0.05) is 6.58 Å². The molecule has 0 aliphatic rings. The minimum absolute atomic E-state index is 0.195. The van der Waals surface area contributed by atoms with E-state index >= 15 is 0 Å². The van der Waals surface area contributed by atoms with E-state index in [-0.39, 0.29) is 5.73 Å². The molecule has 0 heterocycles. The van der Waals surface area contributed by atoms with Gasteiger partial charge in [0.2, 0.25) is 8.32 Å². The molecule has 0 spiro atoms. The first kappa shape index (κ1) is 14.3. The number of methoxy groups -OCH3 is 1. The molecule has 5 heteroatoms. The Labute approximate surface area is 92.3 Å². The highest BCUT2D eigenvalue weighted by Gasteiger charge is 2.33. The third-order valence-electron chi connectivity index (χ3n) is 2.20. The van der Waals surface area contributed by atoms with Crippen LogP contribution < -0.4 is 0 Å². The Balaban J connectivity index is 4.06. The van der Waals surface area contributed by atoms with Gasteiger partial charge in [0.1, 0.15) is 5.73 Å². The van der Waals surface area contributed by atoms with Gasteiger partial charge in [0, 0.05) is 13.2 Å². The summed E-state index contributed by atoms with van der Waals surface area (Å²) in [4.78, 5) is 11.0. The number of carbonyl (C=O) groups excluding carboxylic acids is 1. The maximum atomic E-state index is 11.0. The number of rotatable bonds is 7. The number of hydrogen-bond acceptors (Lipinski definition) is 4. The van der Waals surface area contributed by atoms with Crippen LogP contribution in [0.25, 0.3) is 0 Å². The van der Waals surface area contributed by atoms with Crippen LogP contribution in [0.5, 0.6) is 0 Å². The normalized spacial score (nSPS) is 13.3. The van der Waals surface area contributed by atoms with Crippen molar-refractivity contribution in [2.75, 3.05) is 20.3 Å². The summed E-state index contributed by atoms with van der Waals surface area (Å²) in [5.41, 5.74) is -0.195. The Morgan fingerprint density at radius 2 is 2.07 bits per heavy atom. The fraction of sp³-hybridized carbons (Fsp3) is 0.700. The van der Waals surface area contributed by atoms with E-state index in [0.29, 0.717) is 13.2 Å². The molecule has 0 rings (SSSR count). The number of esters is 1. The second kappa shape index (κ2) is 6.76. The van der Waals surface area contributed by atoms with Gasteiger partial charge in [0.15, 0.2) is 0 Å². The van der Waals surface area contributed by atoms with Gasteiger partial charge in [-0.3, -0.25) is 0 Å². The van der Waals surface area contributed by atoms with Crippen molar-refractivity contribution in [1.82, 2.24) is 0 Å². The molecule has 0 aliphatic heterocycles. The zero-order valence-electron chi connectivity index (χ0n) is 9.91. The van der Waals surface area contributed by atoms with Gasteiger partial charge in [0.05, 0.1) is 13.2 Å². The van der Waals surface area contributed by atoms with Gasteiger partial charge in [-0.05, 0) is 20.0 Å². The van der Waals surface area contributed by atoms with E-state index in [9.17, 15) is 4.79 Å². The van der Waals surface area contributed by atoms with Gasteiger partial charge in [-0.25, -0.2) is 4.79 Å². The summed E-state index contributed by atoms with van der Waals surface area (Å²) in [5.74, 6) is -0.404. The number of carbonyl (C=O) groups is 1. The molecule has 0 radical (unpaired) electrons. The van der Waals surface area contributed by atoms with E-state index in [4.69, 9.17) is 13.9 Å². The highest BCUT2D eigenvalue weighted by Crippen LogP contribution is 2.13. The van der Waals surface area contributed by atoms with Crippen LogP contribution in [0.2, 0.25) is 13.1 Å². The molecule has 0 aromatic heterocycles. The van der Waals surface area contributed by atoms with E-state index in [1.165, 1.54) is 0 Å². The van der Waals surface area contributed by atoms with Gasteiger partial charge in [-0.2, -0.15) is 0 Å². The Bertz CT molecular complexity index is 215. The Morgan fingerprint density at radius 3 is 2.53 bits per heavy atom. The molecular formula is C10H20O4Si. The summed E-state index contributed by atoms with van der Waals surface area (Å²) in [6.07, 6.45) is 1.16. The zero-order chi connectivity index (χ0) is 11.9. The maximum absolute atomic E-state index is 11.0. The average Bonchev–Trinajstić information content (AvgIpc) is 2.17. The quantitative estimate of drug-likeness (QED) is 0.289. The van der Waals surface area contributed by atoms with Crippen LogP contribution in [0.1, 0.15) is 6.92 Å². The van der Waals surface area contributed by atoms with Gasteiger partial charge >= 0.3 is 5.97 Å². The Morgan fingerprint density at radius 1 is 1.47 bits per heavy atom. The highest BCUT2D eigenvalue weighted by atomic mass is 28.4. The van der Waals surface area contributed by atoms with Gasteiger partial charge < -0.3 is 13.9 Å². The summed E-state index contributed by atoms with van der Waals surface area (Å²) in [5, 5.41) is 0. The van der Waals surface area contributed by atoms with Crippen molar-refractivity contribution in [3.8, 4) is 0 Å². The third-order valence-corrected chi connectivity index (χ3v) is 5.22. The van der Waals surface area contributed by atoms with Crippen molar-refractivity contribution in [3.05, 3.63) is 12.7 Å². The smallest absolute Gasteiger partial charge is 0.330 e. The van der Waals surface area contributed by atoms with Crippen LogP contribution in [-0.2, 0) is 18.7 Å². The molecule has 4 nitrogen and oxygen atoms in total. The minimum atomic E-state index is -1.99. The predicted octanol–water partition coefficient (Wildman–Crippen LogP) is 1.51. The molecule has 0 amide bonds. The van der Waals surface area contributed by atoms with Crippen molar-refractivity contribution >= 4 is 14.3 Å². The van der Waals surface area contributed by atoms with Gasteiger partial charge in [-0.15, -0.1) is 0 Å². The lowest BCUT2D eigenvalue weighted by Crippen LogP contribution is -2.46. The van der Waals surface area contributed by atoms with Crippen molar-refractivity contribution in [1.29, 1.82) is 0 Å². The largest absolute Gasteiger partial charge is 0.460 e. The molecule has 0 aromatic rings. The molecule has 0 aliphatic carbocycles. The molecule has 0 fully saturated rings. The van der Waals surface area contributed by atoms with Crippen LogP contribution in [0.15, 0.2) is 12.7 Å². The average molecular weight is 232 g/mol. The molecule has 0 aromatic carbocycles. The van der Waals surface area contributed by atoms with E-state index in [1.54, 1.807) is 7.11 Å². The standard InChI is InChI=1S/C10H20O4Si/c1-6-10(11)14-9(2)15(4,5)13-8-7-12-3/h6,9H,1,7-8H2,2-5H3. The summed E-state index contributed by atoms with van der Waals surface area (Å²) in [6, 6.07) is 0. The Kier molecular flexibility index (Phi) is 6.47. The van der Waals surface area contributed by atoms with Crippen LogP contribution in [0, 0.1) is 0 Å². The second-order valence-electron chi connectivity index (χ2n) is 3.73. The van der Waals surface area contributed by atoms with Crippen molar-refractivity contribution in [2.45, 2.75) is 25.7 Å². The van der Waals surface area contributed by atoms with E-state index in [0.717, 1.165) is 6.08 Å². The van der Waals surface area contributed by atoms with Crippen molar-refractivity contribution in [2.24, 2.45) is 0 Å². The summed E-state index contributed by atoms with van der Waals surface area (Å²) in [7, 11) is -0.370. The lowest BCUT2D eigenvalue weighted by molar-refractivity contribution is -0.139. The van der Waals surface area contributed by atoms with Crippen molar-refractivity contribution in [3.63, 3.8) is 0 Å². The molecule has 0 bridgehead atoms. The first-order valence-corrected chi connectivity index (χ1v) is 7.88. The first-order chi connectivity index (χ1) is 6.94. The molecular weight excluding hydrogens is 212 g/mol. The SMILES string of the molecule is C=CC(=O)OC(C)[Si](C)(C)OCCOC. The predicted molar refractivity (Wildman–Crippen MR) is 61.1 cm³/mol. The fourth-order valence-corrected chi connectivity index (χ4v) is 2.11. The topological polar surface area (TPSA) is 44.8 Å². The first-order valence-electron chi connectivity index (χ1n) is 4.90. The number of ether oxygens (including phenoxy) is 2. The number of hydrogen-bond donors (Lipinski definition) is 0. The third kappa shape index (κ3) is 5.71. The van der Waals surface area contributed by atoms with E-state index < -0.39 is 14.3 Å². The Hall–Kier alpha value is -0.653. The fourth-order valence-electron chi connectivity index (χ4n) is 0.870. The lowest BCUT2D eigenvalue weighted by atomic mass is 10.6. The molecule has 0 saturated carbocycles. The molecule has 0 N–H and O–H groups in total. The maximum Gasteiger partial charge on any atom is 0.330 e. The molecule has 15 heavy (non-hydrogen) atoms. The van der Waals surface area contributed by atoms with Crippen molar-refractivity contribution < 1.29 is 18.7 Å². The summed E-state index contributed by atoms with van der Waals surface area (Å²) in [6.45, 7) is 10.3. The molecule has 0 saturated heterocycles. The van der Waals surface area contributed by atoms with Gasteiger partial charge in [0.25, 0.3) is 0 Å².